The molecule has 2 rings (SSSR count). The third-order valence-electron chi connectivity index (χ3n) is 3.71. The second-order valence-corrected chi connectivity index (χ2v) is 5.22. The van der Waals surface area contributed by atoms with E-state index in [4.69, 9.17) is 0 Å². The molecule has 1 N–H and O–H groups in total. The van der Waals surface area contributed by atoms with Crippen LogP contribution in [0.5, 0.6) is 0 Å². The topological polar surface area (TPSA) is 62.3 Å². The zero-order chi connectivity index (χ0) is 15.1. The Morgan fingerprint density at radius 3 is 2.81 bits per heavy atom. The number of piperidine rings is 1. The summed E-state index contributed by atoms with van der Waals surface area (Å²) in [6, 6.07) is 3.50. The number of nitrogens with zero attached hydrogens (tertiary/aromatic N) is 2. The summed E-state index contributed by atoms with van der Waals surface area (Å²) in [5.41, 5.74) is 0.582. The van der Waals surface area contributed by atoms with Gasteiger partial charge in [-0.1, -0.05) is 6.08 Å². The quantitative estimate of drug-likeness (QED) is 0.856. The normalized spacial score (nSPS) is 16.1. The summed E-state index contributed by atoms with van der Waals surface area (Å²) in [5, 5.41) is 2.94. The highest BCUT2D eigenvalue weighted by molar-refractivity contribution is 5.93. The summed E-state index contributed by atoms with van der Waals surface area (Å²) >= 11 is 0. The molecule has 5 nitrogen and oxygen atoms in total. The maximum absolute atomic E-state index is 11.9. The molecule has 2 amide bonds. The number of rotatable bonds is 4. The van der Waals surface area contributed by atoms with Crippen molar-refractivity contribution in [3.63, 3.8) is 0 Å². The van der Waals surface area contributed by atoms with E-state index in [0.717, 1.165) is 25.9 Å². The predicted molar refractivity (Wildman–Crippen MR) is 80.7 cm³/mol. The lowest BCUT2D eigenvalue weighted by Gasteiger charge is -2.31. The zero-order valence-corrected chi connectivity index (χ0v) is 12.3. The van der Waals surface area contributed by atoms with Gasteiger partial charge in [-0.15, -0.1) is 0 Å². The van der Waals surface area contributed by atoms with Crippen molar-refractivity contribution in [2.75, 3.05) is 19.6 Å². The number of hydrogen-bond donors (Lipinski definition) is 1. The van der Waals surface area contributed by atoms with Crippen LogP contribution in [-0.2, 0) is 4.79 Å². The van der Waals surface area contributed by atoms with Crippen LogP contribution in [0, 0.1) is 5.92 Å². The van der Waals surface area contributed by atoms with Crippen LogP contribution in [0.2, 0.25) is 0 Å². The standard InChI is InChI=1S/C16H21N3O2/c1-2-4-15(20)19-9-6-13(7-10-19)11-18-16(21)14-5-3-8-17-12-14/h2-5,8,12-13H,6-7,9-11H2,1H3,(H,18,21)/b4-2+. The average Bonchev–Trinajstić information content (AvgIpc) is 2.54. The predicted octanol–water partition coefficient (Wildman–Crippen LogP) is 1.63. The number of carbonyl (C=O) groups excluding carboxylic acids is 2. The van der Waals surface area contributed by atoms with Gasteiger partial charge in [-0.25, -0.2) is 0 Å². The number of carbonyl (C=O) groups is 2. The molecular formula is C16H21N3O2. The van der Waals surface area contributed by atoms with Crippen LogP contribution in [0.1, 0.15) is 30.1 Å². The second-order valence-electron chi connectivity index (χ2n) is 5.22. The largest absolute Gasteiger partial charge is 0.352 e. The zero-order valence-electron chi connectivity index (χ0n) is 12.3. The minimum Gasteiger partial charge on any atom is -0.352 e. The Bertz CT molecular complexity index is 506. The van der Waals surface area contributed by atoms with Crippen molar-refractivity contribution >= 4 is 11.8 Å². The first-order chi connectivity index (χ1) is 10.2. The lowest BCUT2D eigenvalue weighted by Crippen LogP contribution is -2.41. The molecule has 21 heavy (non-hydrogen) atoms. The summed E-state index contributed by atoms with van der Waals surface area (Å²) in [6.45, 7) is 4.02. The molecule has 0 spiro atoms. The van der Waals surface area contributed by atoms with Gasteiger partial charge in [0.15, 0.2) is 0 Å². The van der Waals surface area contributed by atoms with Crippen LogP contribution in [0.3, 0.4) is 0 Å². The maximum Gasteiger partial charge on any atom is 0.252 e. The molecule has 0 radical (unpaired) electrons. The van der Waals surface area contributed by atoms with Crippen molar-refractivity contribution in [3.8, 4) is 0 Å². The third kappa shape index (κ3) is 4.41. The molecule has 2 heterocycles. The molecule has 1 aromatic rings. The Labute approximate surface area is 125 Å². The number of aromatic nitrogens is 1. The Morgan fingerprint density at radius 2 is 2.19 bits per heavy atom. The Kier molecular flexibility index (Phi) is 5.49. The van der Waals surface area contributed by atoms with E-state index in [0.29, 0.717) is 18.0 Å². The number of allylic oxidation sites excluding steroid dienone is 1. The van der Waals surface area contributed by atoms with E-state index in [2.05, 4.69) is 10.3 Å². The molecule has 0 saturated carbocycles. The second kappa shape index (κ2) is 7.57. The van der Waals surface area contributed by atoms with Crippen LogP contribution in [0.4, 0.5) is 0 Å². The highest BCUT2D eigenvalue weighted by Crippen LogP contribution is 2.16. The Hall–Kier alpha value is -2.17. The van der Waals surface area contributed by atoms with Crippen molar-refractivity contribution < 1.29 is 9.59 Å². The molecule has 0 aliphatic carbocycles. The molecule has 0 bridgehead atoms. The van der Waals surface area contributed by atoms with E-state index in [1.54, 1.807) is 36.7 Å². The number of nitrogens with one attached hydrogen (secondary N) is 1. The van der Waals surface area contributed by atoms with Gasteiger partial charge in [-0.3, -0.25) is 14.6 Å². The average molecular weight is 287 g/mol. The van der Waals surface area contributed by atoms with E-state index >= 15 is 0 Å². The minimum absolute atomic E-state index is 0.0790. The van der Waals surface area contributed by atoms with Crippen molar-refractivity contribution in [1.29, 1.82) is 0 Å². The number of amides is 2. The minimum atomic E-state index is -0.0875. The van der Waals surface area contributed by atoms with Gasteiger partial charge < -0.3 is 10.2 Å². The maximum atomic E-state index is 11.9. The summed E-state index contributed by atoms with van der Waals surface area (Å²) in [4.78, 5) is 29.4. The molecule has 1 aromatic heterocycles. The molecule has 0 atom stereocenters. The summed E-state index contributed by atoms with van der Waals surface area (Å²) in [6.07, 6.45) is 8.43. The molecule has 112 valence electrons. The molecule has 0 aromatic carbocycles. The fraction of sp³-hybridized carbons (Fsp3) is 0.438. The van der Waals surface area contributed by atoms with Gasteiger partial charge in [0.05, 0.1) is 5.56 Å². The van der Waals surface area contributed by atoms with E-state index in [1.807, 2.05) is 11.8 Å². The van der Waals surface area contributed by atoms with Crippen molar-refractivity contribution in [2.45, 2.75) is 19.8 Å². The molecule has 1 saturated heterocycles. The highest BCUT2D eigenvalue weighted by atomic mass is 16.2. The Balaban J connectivity index is 1.74. The Morgan fingerprint density at radius 1 is 1.43 bits per heavy atom. The van der Waals surface area contributed by atoms with E-state index in [-0.39, 0.29) is 11.8 Å². The van der Waals surface area contributed by atoms with E-state index < -0.39 is 0 Å². The fourth-order valence-electron chi connectivity index (χ4n) is 2.44. The number of hydrogen-bond acceptors (Lipinski definition) is 3. The van der Waals surface area contributed by atoms with Gasteiger partial charge in [0.1, 0.15) is 0 Å². The van der Waals surface area contributed by atoms with Crippen LogP contribution >= 0.6 is 0 Å². The SMILES string of the molecule is C/C=C/C(=O)N1CCC(CNC(=O)c2cccnc2)CC1. The molecular weight excluding hydrogens is 266 g/mol. The van der Waals surface area contributed by atoms with E-state index in [9.17, 15) is 9.59 Å². The van der Waals surface area contributed by atoms with Gasteiger partial charge in [0.2, 0.25) is 5.91 Å². The van der Waals surface area contributed by atoms with Gasteiger partial charge in [-0.2, -0.15) is 0 Å². The van der Waals surface area contributed by atoms with Crippen molar-refractivity contribution in [1.82, 2.24) is 15.2 Å². The lowest BCUT2D eigenvalue weighted by molar-refractivity contribution is -0.127. The number of pyridine rings is 1. The lowest BCUT2D eigenvalue weighted by atomic mass is 9.96. The molecule has 1 aliphatic heterocycles. The third-order valence-corrected chi connectivity index (χ3v) is 3.71. The smallest absolute Gasteiger partial charge is 0.252 e. The molecule has 1 fully saturated rings. The van der Waals surface area contributed by atoms with Gasteiger partial charge in [-0.05, 0) is 43.9 Å². The van der Waals surface area contributed by atoms with Crippen LogP contribution in [0.15, 0.2) is 36.7 Å². The fourth-order valence-corrected chi connectivity index (χ4v) is 2.44. The highest BCUT2D eigenvalue weighted by Gasteiger charge is 2.21. The first-order valence-electron chi connectivity index (χ1n) is 7.30. The summed E-state index contributed by atoms with van der Waals surface area (Å²) < 4.78 is 0. The van der Waals surface area contributed by atoms with Crippen molar-refractivity contribution in [2.24, 2.45) is 5.92 Å². The first-order valence-corrected chi connectivity index (χ1v) is 7.30. The van der Waals surface area contributed by atoms with Gasteiger partial charge >= 0.3 is 0 Å². The van der Waals surface area contributed by atoms with Gasteiger partial charge in [0, 0.05) is 32.0 Å². The summed E-state index contributed by atoms with van der Waals surface area (Å²) in [5.74, 6) is 0.422. The van der Waals surface area contributed by atoms with Crippen LogP contribution in [-0.4, -0.2) is 41.3 Å². The first kappa shape index (κ1) is 15.2. The van der Waals surface area contributed by atoms with Crippen LogP contribution in [0.25, 0.3) is 0 Å². The monoisotopic (exact) mass is 287 g/mol. The molecule has 1 aliphatic rings. The molecule has 0 unspecified atom stereocenters. The van der Waals surface area contributed by atoms with Crippen LogP contribution < -0.4 is 5.32 Å². The number of likely N-dealkylation sites (tertiary alicyclic amines) is 1. The van der Waals surface area contributed by atoms with Crippen molar-refractivity contribution in [3.05, 3.63) is 42.2 Å². The summed E-state index contributed by atoms with van der Waals surface area (Å²) in [7, 11) is 0. The molecule has 5 heteroatoms. The van der Waals surface area contributed by atoms with E-state index in [1.165, 1.54) is 0 Å². The van der Waals surface area contributed by atoms with Gasteiger partial charge in [0.25, 0.3) is 5.91 Å².